The van der Waals surface area contributed by atoms with Crippen LogP contribution in [0.15, 0.2) is 39.4 Å². The molecular weight excluding hydrogens is 321 g/mol. The van der Waals surface area contributed by atoms with Crippen LogP contribution in [0.5, 0.6) is 0 Å². The van der Waals surface area contributed by atoms with Gasteiger partial charge in [-0.05, 0) is 40.2 Å². The highest BCUT2D eigenvalue weighted by molar-refractivity contribution is 9.10. The second-order valence-corrected chi connectivity index (χ2v) is 4.85. The highest BCUT2D eigenvalue weighted by Gasteiger charge is 2.08. The second kappa shape index (κ2) is 5.46. The van der Waals surface area contributed by atoms with Crippen LogP contribution >= 0.6 is 27.5 Å². The second-order valence-electron chi connectivity index (χ2n) is 3.59. The zero-order valence-corrected chi connectivity index (χ0v) is 11.5. The van der Waals surface area contributed by atoms with E-state index >= 15 is 0 Å². The van der Waals surface area contributed by atoms with Gasteiger partial charge in [-0.25, -0.2) is 4.79 Å². The summed E-state index contributed by atoms with van der Waals surface area (Å²) in [4.78, 5) is 10.7. The number of rotatable bonds is 4. The van der Waals surface area contributed by atoms with E-state index in [-0.39, 0.29) is 5.56 Å². The van der Waals surface area contributed by atoms with E-state index in [1.54, 1.807) is 6.07 Å². The van der Waals surface area contributed by atoms with Crippen LogP contribution in [-0.4, -0.2) is 11.1 Å². The molecule has 4 nitrogen and oxygen atoms in total. The van der Waals surface area contributed by atoms with Crippen LogP contribution in [-0.2, 0) is 6.54 Å². The highest BCUT2D eigenvalue weighted by Crippen LogP contribution is 2.25. The van der Waals surface area contributed by atoms with Crippen molar-refractivity contribution in [3.05, 3.63) is 51.3 Å². The SMILES string of the molecule is O=C(O)c1coc(CNc2ccc(Br)c(Cl)c2)c1. The van der Waals surface area contributed by atoms with Crippen LogP contribution in [0.25, 0.3) is 0 Å². The molecule has 0 saturated heterocycles. The van der Waals surface area contributed by atoms with Gasteiger partial charge in [0.25, 0.3) is 0 Å². The summed E-state index contributed by atoms with van der Waals surface area (Å²) in [6.45, 7) is 0.394. The Balaban J connectivity index is 2.02. The van der Waals surface area contributed by atoms with E-state index in [9.17, 15) is 4.79 Å². The molecule has 0 radical (unpaired) electrons. The van der Waals surface area contributed by atoms with Gasteiger partial charge in [0, 0.05) is 10.2 Å². The standard InChI is InChI=1S/C12H9BrClNO3/c13-10-2-1-8(4-11(10)14)15-5-9-3-7(6-18-9)12(16)17/h1-4,6,15H,5H2,(H,16,17). The number of anilines is 1. The lowest BCUT2D eigenvalue weighted by molar-refractivity contribution is 0.0696. The molecule has 0 spiro atoms. The molecule has 2 aromatic rings. The van der Waals surface area contributed by atoms with E-state index in [1.165, 1.54) is 12.3 Å². The Labute approximate surface area is 117 Å². The lowest BCUT2D eigenvalue weighted by atomic mass is 10.3. The average molecular weight is 331 g/mol. The van der Waals surface area contributed by atoms with Gasteiger partial charge in [-0.1, -0.05) is 11.6 Å². The minimum atomic E-state index is -1.00. The Morgan fingerprint density at radius 1 is 1.44 bits per heavy atom. The summed E-state index contributed by atoms with van der Waals surface area (Å²) in [7, 11) is 0. The third-order valence-corrected chi connectivity index (χ3v) is 3.52. The topological polar surface area (TPSA) is 62.5 Å². The maximum Gasteiger partial charge on any atom is 0.338 e. The quantitative estimate of drug-likeness (QED) is 0.889. The number of furan rings is 1. The van der Waals surface area contributed by atoms with Gasteiger partial charge in [0.15, 0.2) is 0 Å². The number of carbonyl (C=O) groups is 1. The minimum Gasteiger partial charge on any atom is -0.478 e. The number of hydrogen-bond donors (Lipinski definition) is 2. The molecule has 0 fully saturated rings. The first-order chi connectivity index (χ1) is 8.56. The molecule has 2 N–H and O–H groups in total. The monoisotopic (exact) mass is 329 g/mol. The summed E-state index contributed by atoms with van der Waals surface area (Å²) in [6.07, 6.45) is 1.22. The van der Waals surface area contributed by atoms with Crippen molar-refractivity contribution < 1.29 is 14.3 Å². The van der Waals surface area contributed by atoms with Crippen molar-refractivity contribution in [3.8, 4) is 0 Å². The van der Waals surface area contributed by atoms with E-state index in [0.717, 1.165) is 10.2 Å². The molecule has 94 valence electrons. The Hall–Kier alpha value is -1.46. The molecule has 1 heterocycles. The van der Waals surface area contributed by atoms with Gasteiger partial charge in [0.1, 0.15) is 12.0 Å². The number of hydrogen-bond acceptors (Lipinski definition) is 3. The summed E-state index contributed by atoms with van der Waals surface area (Å²) >= 11 is 9.25. The molecule has 1 aromatic heterocycles. The molecule has 0 saturated carbocycles. The Bertz CT molecular complexity index is 582. The predicted octanol–water partition coefficient (Wildman–Crippen LogP) is 4.01. The lowest BCUT2D eigenvalue weighted by Crippen LogP contribution is -1.98. The summed E-state index contributed by atoms with van der Waals surface area (Å²) in [5, 5.41) is 12.4. The van der Waals surface area contributed by atoms with E-state index in [4.69, 9.17) is 21.1 Å². The fraction of sp³-hybridized carbons (Fsp3) is 0.0833. The van der Waals surface area contributed by atoms with E-state index in [2.05, 4.69) is 21.2 Å². The first kappa shape index (κ1) is 13.0. The number of carboxylic acid groups (broad SMARTS) is 1. The molecule has 0 atom stereocenters. The lowest BCUT2D eigenvalue weighted by Gasteiger charge is -2.05. The van der Waals surface area contributed by atoms with Crippen LogP contribution in [0.4, 0.5) is 5.69 Å². The molecule has 0 bridgehead atoms. The van der Waals surface area contributed by atoms with Crippen molar-refractivity contribution in [1.29, 1.82) is 0 Å². The molecule has 0 unspecified atom stereocenters. The number of benzene rings is 1. The van der Waals surface area contributed by atoms with Crippen molar-refractivity contribution in [3.63, 3.8) is 0 Å². The Kier molecular flexibility index (Phi) is 3.93. The van der Waals surface area contributed by atoms with Crippen LogP contribution in [0, 0.1) is 0 Å². The number of halogens is 2. The first-order valence-electron chi connectivity index (χ1n) is 5.06. The van der Waals surface area contributed by atoms with E-state index < -0.39 is 5.97 Å². The van der Waals surface area contributed by atoms with Crippen molar-refractivity contribution >= 4 is 39.2 Å². The van der Waals surface area contributed by atoms with Crippen molar-refractivity contribution in [2.75, 3.05) is 5.32 Å². The van der Waals surface area contributed by atoms with Crippen LogP contribution in [0.1, 0.15) is 16.1 Å². The average Bonchev–Trinajstić information content (AvgIpc) is 2.79. The van der Waals surface area contributed by atoms with Crippen molar-refractivity contribution in [1.82, 2.24) is 0 Å². The third-order valence-electron chi connectivity index (χ3n) is 2.29. The van der Waals surface area contributed by atoms with Crippen LogP contribution in [0.3, 0.4) is 0 Å². The Morgan fingerprint density at radius 2 is 2.22 bits per heavy atom. The molecule has 0 amide bonds. The summed E-state index contributed by atoms with van der Waals surface area (Å²) < 4.78 is 5.94. The molecule has 18 heavy (non-hydrogen) atoms. The first-order valence-corrected chi connectivity index (χ1v) is 6.23. The maximum absolute atomic E-state index is 10.7. The normalized spacial score (nSPS) is 10.3. The molecule has 0 aliphatic rings. The molecule has 1 aromatic carbocycles. The molecule has 0 aliphatic carbocycles. The molecular formula is C12H9BrClNO3. The van der Waals surface area contributed by atoms with Gasteiger partial charge < -0.3 is 14.8 Å². The van der Waals surface area contributed by atoms with Gasteiger partial charge in [0.2, 0.25) is 0 Å². The fourth-order valence-electron chi connectivity index (χ4n) is 1.38. The van der Waals surface area contributed by atoms with E-state index in [1.807, 2.05) is 12.1 Å². The zero-order chi connectivity index (χ0) is 13.1. The summed E-state index contributed by atoms with van der Waals surface area (Å²) in [5.41, 5.74) is 0.970. The Morgan fingerprint density at radius 3 is 2.83 bits per heavy atom. The number of nitrogens with one attached hydrogen (secondary N) is 1. The largest absolute Gasteiger partial charge is 0.478 e. The van der Waals surface area contributed by atoms with E-state index in [0.29, 0.717) is 17.3 Å². The maximum atomic E-state index is 10.7. The third kappa shape index (κ3) is 3.05. The van der Waals surface area contributed by atoms with Gasteiger partial charge in [0.05, 0.1) is 17.1 Å². The molecule has 2 rings (SSSR count). The number of carboxylic acids is 1. The van der Waals surface area contributed by atoms with Gasteiger partial charge >= 0.3 is 5.97 Å². The van der Waals surface area contributed by atoms with Gasteiger partial charge in [-0.3, -0.25) is 0 Å². The van der Waals surface area contributed by atoms with Crippen molar-refractivity contribution in [2.24, 2.45) is 0 Å². The number of aromatic carboxylic acids is 1. The van der Waals surface area contributed by atoms with Crippen molar-refractivity contribution in [2.45, 2.75) is 6.54 Å². The van der Waals surface area contributed by atoms with Gasteiger partial charge in [-0.2, -0.15) is 0 Å². The molecule has 6 heteroatoms. The van der Waals surface area contributed by atoms with Crippen LogP contribution < -0.4 is 5.32 Å². The summed E-state index contributed by atoms with van der Waals surface area (Å²) in [5.74, 6) is -0.455. The summed E-state index contributed by atoms with van der Waals surface area (Å²) in [6, 6.07) is 6.94. The predicted molar refractivity (Wildman–Crippen MR) is 72.1 cm³/mol. The minimum absolute atomic E-state index is 0.139. The highest BCUT2D eigenvalue weighted by atomic mass is 79.9. The fourth-order valence-corrected chi connectivity index (χ4v) is 1.81. The van der Waals surface area contributed by atoms with Gasteiger partial charge in [-0.15, -0.1) is 0 Å². The smallest absolute Gasteiger partial charge is 0.338 e. The zero-order valence-electron chi connectivity index (χ0n) is 9.11. The van der Waals surface area contributed by atoms with Crippen LogP contribution in [0.2, 0.25) is 5.02 Å². The molecule has 0 aliphatic heterocycles.